The van der Waals surface area contributed by atoms with E-state index in [9.17, 15) is 5.11 Å². The minimum absolute atomic E-state index is 0.250. The highest BCUT2D eigenvalue weighted by Gasteiger charge is 2.31. The minimum Gasteiger partial charge on any atom is -0.483 e. The molecule has 28 heavy (non-hydrogen) atoms. The van der Waals surface area contributed by atoms with Crippen molar-refractivity contribution in [2.75, 3.05) is 19.6 Å². The molecule has 1 saturated heterocycles. The van der Waals surface area contributed by atoms with Crippen molar-refractivity contribution >= 4 is 17.4 Å². The van der Waals surface area contributed by atoms with Crippen molar-refractivity contribution in [3.63, 3.8) is 0 Å². The summed E-state index contributed by atoms with van der Waals surface area (Å²) in [6.45, 7) is 2.38. The molecule has 2 N–H and O–H groups in total. The summed E-state index contributed by atoms with van der Waals surface area (Å²) in [5.41, 5.74) is 3.42. The fourth-order valence-corrected chi connectivity index (χ4v) is 3.76. The second kappa shape index (κ2) is 9.92. The van der Waals surface area contributed by atoms with Crippen molar-refractivity contribution in [3.8, 4) is 0 Å². The molecule has 1 aliphatic rings. The number of para-hydroxylation sites is 1. The van der Waals surface area contributed by atoms with Crippen LogP contribution in [0.15, 0.2) is 60.9 Å². The fraction of sp³-hybridized carbons (Fsp3) is 0.318. The Morgan fingerprint density at radius 2 is 1.82 bits per heavy atom. The smallest absolute Gasteiger partial charge is 0.290 e. The molecule has 0 radical (unpaired) electrons. The van der Waals surface area contributed by atoms with E-state index < -0.39 is 0 Å². The molecule has 2 aromatic heterocycles. The van der Waals surface area contributed by atoms with Gasteiger partial charge in [0.15, 0.2) is 0 Å². The monoisotopic (exact) mass is 379 g/mol. The molecule has 3 heterocycles. The van der Waals surface area contributed by atoms with Crippen LogP contribution in [0.3, 0.4) is 0 Å². The number of aliphatic hydroxyl groups excluding tert-OH is 1. The van der Waals surface area contributed by atoms with Gasteiger partial charge in [-0.05, 0) is 36.2 Å². The molecule has 0 unspecified atom stereocenters. The van der Waals surface area contributed by atoms with E-state index in [0.717, 1.165) is 43.7 Å². The molecular weight excluding hydrogens is 354 g/mol. The fourth-order valence-electron chi connectivity index (χ4n) is 3.76. The number of pyridine rings is 2. The Morgan fingerprint density at radius 1 is 1.04 bits per heavy atom. The Kier molecular flexibility index (Phi) is 7.06. The number of hydrogen-bond donors (Lipinski definition) is 2. The van der Waals surface area contributed by atoms with Crippen LogP contribution >= 0.6 is 0 Å². The molecule has 2 atom stereocenters. The predicted octanol–water partition coefficient (Wildman–Crippen LogP) is 2.41. The Hall–Kier alpha value is -2.83. The van der Waals surface area contributed by atoms with Crippen LogP contribution in [0.1, 0.15) is 11.3 Å². The van der Waals surface area contributed by atoms with Gasteiger partial charge in [-0.1, -0.05) is 24.3 Å². The van der Waals surface area contributed by atoms with Crippen molar-refractivity contribution < 1.29 is 15.0 Å². The first-order valence-corrected chi connectivity index (χ1v) is 9.42. The molecule has 0 spiro atoms. The zero-order chi connectivity index (χ0) is 19.8. The first kappa shape index (κ1) is 19.9. The van der Waals surface area contributed by atoms with Crippen LogP contribution in [0.4, 0.5) is 0 Å². The number of aromatic nitrogens is 2. The second-order valence-electron chi connectivity index (χ2n) is 6.95. The molecule has 0 bridgehead atoms. The maximum absolute atomic E-state index is 10.5. The molecule has 146 valence electrons. The van der Waals surface area contributed by atoms with Gasteiger partial charge in [-0.2, -0.15) is 0 Å². The molecular formula is C22H25N3O3. The summed E-state index contributed by atoms with van der Waals surface area (Å²) < 4.78 is 0. The number of nitrogens with zero attached hydrogens (tertiary/aromatic N) is 3. The highest BCUT2D eigenvalue weighted by Crippen LogP contribution is 2.25. The largest absolute Gasteiger partial charge is 0.483 e. The summed E-state index contributed by atoms with van der Waals surface area (Å²) in [7, 11) is 0. The zero-order valence-electron chi connectivity index (χ0n) is 15.7. The van der Waals surface area contributed by atoms with Gasteiger partial charge in [0.05, 0.1) is 11.6 Å². The van der Waals surface area contributed by atoms with Gasteiger partial charge < -0.3 is 10.2 Å². The van der Waals surface area contributed by atoms with Crippen molar-refractivity contribution in [2.45, 2.75) is 18.9 Å². The lowest BCUT2D eigenvalue weighted by Crippen LogP contribution is -2.24. The van der Waals surface area contributed by atoms with Crippen LogP contribution in [0, 0.1) is 5.92 Å². The maximum atomic E-state index is 10.5. The number of rotatable bonds is 5. The number of hydrogen-bond acceptors (Lipinski definition) is 5. The van der Waals surface area contributed by atoms with Crippen molar-refractivity contribution in [1.29, 1.82) is 0 Å². The van der Waals surface area contributed by atoms with Gasteiger partial charge >= 0.3 is 0 Å². The van der Waals surface area contributed by atoms with Crippen LogP contribution in [-0.4, -0.2) is 57.3 Å². The molecule has 4 rings (SSSR count). The second-order valence-corrected chi connectivity index (χ2v) is 6.95. The Balaban J connectivity index is 0.000000706. The van der Waals surface area contributed by atoms with E-state index in [-0.39, 0.29) is 18.5 Å². The number of carboxylic acid groups (broad SMARTS) is 1. The quantitative estimate of drug-likeness (QED) is 0.662. The molecule has 0 amide bonds. The van der Waals surface area contributed by atoms with Gasteiger partial charge in [0.25, 0.3) is 6.47 Å². The van der Waals surface area contributed by atoms with Crippen molar-refractivity contribution in [1.82, 2.24) is 14.9 Å². The molecule has 1 aliphatic heterocycles. The van der Waals surface area contributed by atoms with Gasteiger partial charge in [-0.3, -0.25) is 19.7 Å². The van der Waals surface area contributed by atoms with E-state index in [1.165, 1.54) is 10.9 Å². The Labute approximate surface area is 164 Å². The molecule has 6 nitrogen and oxygen atoms in total. The third-order valence-electron chi connectivity index (χ3n) is 5.11. The lowest BCUT2D eigenvalue weighted by atomic mass is 9.94. The van der Waals surface area contributed by atoms with Crippen LogP contribution in [0.25, 0.3) is 10.9 Å². The van der Waals surface area contributed by atoms with Gasteiger partial charge in [-0.15, -0.1) is 0 Å². The number of β-amino-alcohol motifs (C(OH)–C–C–N with tert-alkyl or cyclic N) is 1. The predicted molar refractivity (Wildman–Crippen MR) is 108 cm³/mol. The third-order valence-corrected chi connectivity index (χ3v) is 5.11. The first-order valence-electron chi connectivity index (χ1n) is 9.42. The van der Waals surface area contributed by atoms with Crippen LogP contribution in [0.5, 0.6) is 0 Å². The van der Waals surface area contributed by atoms with E-state index in [1.54, 1.807) is 0 Å². The lowest BCUT2D eigenvalue weighted by Gasteiger charge is -2.16. The standard InChI is InChI=1S/C21H23N3O.CH2O2/c25-21-15-24(12-9-18-5-3-4-10-22-18)14-17(21)13-16-8-11-23-20-7-2-1-6-19(16)20;2-1-3/h1-8,10-11,17,21,25H,9,12-15H2;1H,(H,2,3)/t17-,21+;/m1./s1. The summed E-state index contributed by atoms with van der Waals surface area (Å²) in [6, 6.07) is 16.4. The molecule has 1 fully saturated rings. The van der Waals surface area contributed by atoms with E-state index in [2.05, 4.69) is 39.1 Å². The molecule has 0 aliphatic carbocycles. The summed E-state index contributed by atoms with van der Waals surface area (Å²) in [5, 5.41) is 18.6. The molecule has 3 aromatic rings. The van der Waals surface area contributed by atoms with E-state index in [4.69, 9.17) is 9.90 Å². The SMILES string of the molecule is O=CO.O[C@H]1CN(CCc2ccccn2)C[C@H]1Cc1ccnc2ccccc12. The van der Waals surface area contributed by atoms with Gasteiger partial charge in [0, 0.05) is 55.4 Å². The number of fused-ring (bicyclic) bond motifs is 1. The van der Waals surface area contributed by atoms with Gasteiger partial charge in [0.1, 0.15) is 0 Å². The minimum atomic E-state index is -0.268. The lowest BCUT2D eigenvalue weighted by molar-refractivity contribution is -0.122. The zero-order valence-corrected chi connectivity index (χ0v) is 15.7. The summed E-state index contributed by atoms with van der Waals surface area (Å²) in [6.07, 6.45) is 5.27. The van der Waals surface area contributed by atoms with Crippen molar-refractivity contribution in [2.24, 2.45) is 5.92 Å². The Morgan fingerprint density at radius 3 is 2.61 bits per heavy atom. The van der Waals surface area contributed by atoms with Gasteiger partial charge in [-0.25, -0.2) is 0 Å². The number of carbonyl (C=O) groups is 1. The first-order chi connectivity index (χ1) is 13.7. The van der Waals surface area contributed by atoms with Crippen molar-refractivity contribution in [3.05, 3.63) is 72.2 Å². The highest BCUT2D eigenvalue weighted by atomic mass is 16.3. The number of aliphatic hydroxyl groups is 1. The molecule has 1 aromatic carbocycles. The van der Waals surface area contributed by atoms with E-state index in [0.29, 0.717) is 0 Å². The number of benzene rings is 1. The van der Waals surface area contributed by atoms with Crippen LogP contribution < -0.4 is 0 Å². The summed E-state index contributed by atoms with van der Waals surface area (Å²) in [5.74, 6) is 0.273. The summed E-state index contributed by atoms with van der Waals surface area (Å²) in [4.78, 5) is 19.5. The average molecular weight is 379 g/mol. The number of likely N-dealkylation sites (tertiary alicyclic amines) is 1. The van der Waals surface area contributed by atoms with Crippen LogP contribution in [-0.2, 0) is 17.6 Å². The maximum Gasteiger partial charge on any atom is 0.290 e. The van der Waals surface area contributed by atoms with E-state index in [1.807, 2.05) is 36.7 Å². The third kappa shape index (κ3) is 5.12. The van der Waals surface area contributed by atoms with Gasteiger partial charge in [0.2, 0.25) is 0 Å². The topological polar surface area (TPSA) is 86.5 Å². The average Bonchev–Trinajstić information content (AvgIpc) is 3.07. The summed E-state index contributed by atoms with van der Waals surface area (Å²) >= 11 is 0. The highest BCUT2D eigenvalue weighted by molar-refractivity contribution is 5.81. The normalized spacial score (nSPS) is 19.2. The van der Waals surface area contributed by atoms with E-state index >= 15 is 0 Å². The van der Waals surface area contributed by atoms with Crippen LogP contribution in [0.2, 0.25) is 0 Å². The molecule has 6 heteroatoms. The molecule has 0 saturated carbocycles. The Bertz CT molecular complexity index is 883.